The second-order valence-corrected chi connectivity index (χ2v) is 4.39. The van der Waals surface area contributed by atoms with Crippen molar-refractivity contribution in [1.82, 2.24) is 9.55 Å². The van der Waals surface area contributed by atoms with Gasteiger partial charge in [0.25, 0.3) is 0 Å². The molecule has 0 aliphatic rings. The third-order valence-corrected chi connectivity index (χ3v) is 2.95. The molecule has 1 heterocycles. The molecule has 7 heteroatoms. The summed E-state index contributed by atoms with van der Waals surface area (Å²) in [4.78, 5) is 16.1. The van der Waals surface area contributed by atoms with E-state index < -0.39 is 4.92 Å². The molecule has 1 aromatic heterocycles. The minimum absolute atomic E-state index is 0.0881. The maximum Gasteiger partial charge on any atom is 0.406 e. The van der Waals surface area contributed by atoms with Crippen LogP contribution in [-0.2, 0) is 13.6 Å². The maximum absolute atomic E-state index is 11.0. The summed E-state index contributed by atoms with van der Waals surface area (Å²) >= 11 is 0. The van der Waals surface area contributed by atoms with Crippen LogP contribution in [-0.4, -0.2) is 32.7 Å². The summed E-state index contributed by atoms with van der Waals surface area (Å²) in [6, 6.07) is 9.60. The van der Waals surface area contributed by atoms with Gasteiger partial charge in [0.15, 0.2) is 0 Å². The van der Waals surface area contributed by atoms with Crippen LogP contribution in [0.3, 0.4) is 0 Å². The van der Waals surface area contributed by atoms with Crippen LogP contribution in [0.15, 0.2) is 36.7 Å². The minimum atomic E-state index is -0.509. The zero-order valence-electron chi connectivity index (χ0n) is 11.1. The summed E-state index contributed by atoms with van der Waals surface area (Å²) in [6.07, 6.45) is 1.41. The second kappa shape index (κ2) is 6.16. The monoisotopic (exact) mass is 276 g/mol. The Labute approximate surface area is 116 Å². The molecule has 0 radical (unpaired) electrons. The van der Waals surface area contributed by atoms with Crippen molar-refractivity contribution in [3.8, 4) is 0 Å². The molecule has 0 atom stereocenters. The van der Waals surface area contributed by atoms with Crippen molar-refractivity contribution in [3.63, 3.8) is 0 Å². The van der Waals surface area contributed by atoms with E-state index in [9.17, 15) is 15.2 Å². The molecule has 0 aliphatic carbocycles. The van der Waals surface area contributed by atoms with Crippen LogP contribution in [0.1, 0.15) is 5.56 Å². The van der Waals surface area contributed by atoms with Gasteiger partial charge in [-0.1, -0.05) is 30.3 Å². The summed E-state index contributed by atoms with van der Waals surface area (Å²) < 4.78 is 1.59. The minimum Gasteiger partial charge on any atom is -0.395 e. The molecule has 106 valence electrons. The Morgan fingerprint density at radius 1 is 1.40 bits per heavy atom. The summed E-state index contributed by atoms with van der Waals surface area (Å²) in [5.41, 5.74) is 1.01. The van der Waals surface area contributed by atoms with Crippen molar-refractivity contribution in [2.24, 2.45) is 7.05 Å². The Morgan fingerprint density at radius 3 is 2.70 bits per heavy atom. The van der Waals surface area contributed by atoms with Crippen LogP contribution in [0.2, 0.25) is 0 Å². The number of nitro groups is 1. The number of rotatable bonds is 6. The second-order valence-electron chi connectivity index (χ2n) is 4.39. The fraction of sp³-hybridized carbons (Fsp3) is 0.308. The largest absolute Gasteiger partial charge is 0.406 e. The van der Waals surface area contributed by atoms with Crippen LogP contribution in [0.4, 0.5) is 11.6 Å². The Balaban J connectivity index is 2.33. The van der Waals surface area contributed by atoms with Crippen molar-refractivity contribution in [1.29, 1.82) is 0 Å². The van der Waals surface area contributed by atoms with Gasteiger partial charge in [0.1, 0.15) is 0 Å². The van der Waals surface area contributed by atoms with Crippen LogP contribution >= 0.6 is 0 Å². The van der Waals surface area contributed by atoms with Crippen molar-refractivity contribution in [2.45, 2.75) is 6.54 Å². The first-order valence-electron chi connectivity index (χ1n) is 6.19. The van der Waals surface area contributed by atoms with E-state index in [-0.39, 0.29) is 12.4 Å². The molecule has 0 aliphatic heterocycles. The van der Waals surface area contributed by atoms with Crippen molar-refractivity contribution >= 4 is 11.6 Å². The SMILES string of the molecule is Cn1cnc([N+](=O)[O-])c1N(CCO)Cc1ccccc1. The van der Waals surface area contributed by atoms with Crippen LogP contribution in [0, 0.1) is 10.1 Å². The highest BCUT2D eigenvalue weighted by Crippen LogP contribution is 2.26. The number of imidazole rings is 1. The van der Waals surface area contributed by atoms with Gasteiger partial charge in [-0.3, -0.25) is 4.57 Å². The van der Waals surface area contributed by atoms with E-state index in [4.69, 9.17) is 0 Å². The van der Waals surface area contributed by atoms with Crippen molar-refractivity contribution < 1.29 is 10.0 Å². The first-order chi connectivity index (χ1) is 9.63. The third kappa shape index (κ3) is 2.94. The lowest BCUT2D eigenvalue weighted by molar-refractivity contribution is -0.388. The van der Waals surface area contributed by atoms with Gasteiger partial charge in [-0.2, -0.15) is 0 Å². The average Bonchev–Trinajstić information content (AvgIpc) is 2.81. The van der Waals surface area contributed by atoms with Gasteiger partial charge in [-0.05, 0) is 15.5 Å². The fourth-order valence-electron chi connectivity index (χ4n) is 2.09. The van der Waals surface area contributed by atoms with Gasteiger partial charge in [-0.15, -0.1) is 0 Å². The fourth-order valence-corrected chi connectivity index (χ4v) is 2.09. The zero-order chi connectivity index (χ0) is 14.5. The molecule has 2 rings (SSSR count). The van der Waals surface area contributed by atoms with Gasteiger partial charge in [0, 0.05) is 20.1 Å². The third-order valence-electron chi connectivity index (χ3n) is 2.95. The van der Waals surface area contributed by atoms with Gasteiger partial charge in [0.05, 0.1) is 6.61 Å². The van der Waals surface area contributed by atoms with E-state index in [1.807, 2.05) is 30.3 Å². The predicted octanol–water partition coefficient (Wildman–Crippen LogP) is 1.33. The number of nitrogens with zero attached hydrogens (tertiary/aromatic N) is 4. The normalized spacial score (nSPS) is 10.5. The lowest BCUT2D eigenvalue weighted by atomic mass is 10.2. The van der Waals surface area contributed by atoms with Crippen molar-refractivity contribution in [2.75, 3.05) is 18.1 Å². The topological polar surface area (TPSA) is 84.4 Å². The van der Waals surface area contributed by atoms with Gasteiger partial charge >= 0.3 is 5.82 Å². The van der Waals surface area contributed by atoms with Crippen LogP contribution in [0.5, 0.6) is 0 Å². The van der Waals surface area contributed by atoms with E-state index in [1.54, 1.807) is 16.5 Å². The number of aliphatic hydroxyl groups is 1. The summed E-state index contributed by atoms with van der Waals surface area (Å²) in [6.45, 7) is 0.687. The Hall–Kier alpha value is -2.41. The predicted molar refractivity (Wildman–Crippen MR) is 74.4 cm³/mol. The number of anilines is 1. The molecule has 1 N–H and O–H groups in total. The molecule has 1 aromatic carbocycles. The smallest absolute Gasteiger partial charge is 0.395 e. The molecule has 0 saturated carbocycles. The lowest BCUT2D eigenvalue weighted by Crippen LogP contribution is -2.28. The van der Waals surface area contributed by atoms with E-state index >= 15 is 0 Å². The summed E-state index contributed by atoms with van der Waals surface area (Å²) in [5, 5.41) is 20.2. The number of benzene rings is 1. The standard InChI is InChI=1S/C13H16N4O3/c1-15-10-14-12(17(19)20)13(15)16(7-8-18)9-11-5-3-2-4-6-11/h2-6,10,18H,7-9H2,1H3. The van der Waals surface area contributed by atoms with Gasteiger partial charge in [0.2, 0.25) is 12.1 Å². The Morgan fingerprint density at radius 2 is 2.10 bits per heavy atom. The number of hydrogen-bond acceptors (Lipinski definition) is 5. The molecule has 0 unspecified atom stereocenters. The van der Waals surface area contributed by atoms with Gasteiger partial charge in [-0.25, -0.2) is 0 Å². The van der Waals surface area contributed by atoms with E-state index in [0.717, 1.165) is 5.56 Å². The van der Waals surface area contributed by atoms with Crippen LogP contribution < -0.4 is 4.90 Å². The molecule has 0 saturated heterocycles. The highest BCUT2D eigenvalue weighted by atomic mass is 16.6. The number of hydrogen-bond donors (Lipinski definition) is 1. The zero-order valence-corrected chi connectivity index (χ0v) is 11.1. The summed E-state index contributed by atoms with van der Waals surface area (Å²) in [5.74, 6) is 0.199. The quantitative estimate of drug-likeness (QED) is 0.635. The van der Waals surface area contributed by atoms with Crippen molar-refractivity contribution in [3.05, 3.63) is 52.3 Å². The van der Waals surface area contributed by atoms with E-state index in [1.165, 1.54) is 6.33 Å². The number of aryl methyl sites for hydroxylation is 1. The Bertz CT molecular complexity index is 583. The first-order valence-corrected chi connectivity index (χ1v) is 6.19. The Kier molecular flexibility index (Phi) is 4.31. The lowest BCUT2D eigenvalue weighted by Gasteiger charge is -2.23. The molecule has 0 spiro atoms. The number of aromatic nitrogens is 2. The molecule has 0 fully saturated rings. The molecule has 7 nitrogen and oxygen atoms in total. The first kappa shape index (κ1) is 14.0. The van der Waals surface area contributed by atoms with Crippen LogP contribution in [0.25, 0.3) is 0 Å². The summed E-state index contributed by atoms with van der Waals surface area (Å²) in [7, 11) is 1.70. The molecular formula is C13H16N4O3. The van der Waals surface area contributed by atoms with E-state index in [2.05, 4.69) is 4.98 Å². The van der Waals surface area contributed by atoms with E-state index in [0.29, 0.717) is 18.9 Å². The molecule has 2 aromatic rings. The molecule has 0 bridgehead atoms. The molecule has 0 amide bonds. The average molecular weight is 276 g/mol. The number of aliphatic hydroxyl groups excluding tert-OH is 1. The maximum atomic E-state index is 11.0. The molecule has 20 heavy (non-hydrogen) atoms. The highest BCUT2D eigenvalue weighted by Gasteiger charge is 2.25. The highest BCUT2D eigenvalue weighted by molar-refractivity contribution is 5.54. The molecular weight excluding hydrogens is 260 g/mol. The van der Waals surface area contributed by atoms with Gasteiger partial charge < -0.3 is 20.1 Å².